The number of benzene rings is 1. The van der Waals surface area contributed by atoms with Gasteiger partial charge in [-0.3, -0.25) is 4.79 Å². The summed E-state index contributed by atoms with van der Waals surface area (Å²) in [6.45, 7) is 4.92. The van der Waals surface area contributed by atoms with Gasteiger partial charge in [-0.1, -0.05) is 38.7 Å². The molecular formula is C18H26O6. The Bertz CT molecular complexity index is 573. The predicted molar refractivity (Wildman–Crippen MR) is 90.9 cm³/mol. The number of carboxylic acid groups (broad SMARTS) is 3. The number of rotatable bonds is 8. The Labute approximate surface area is 142 Å². The first-order valence-electron chi connectivity index (χ1n) is 8.00. The van der Waals surface area contributed by atoms with Crippen molar-refractivity contribution in [2.45, 2.75) is 59.3 Å². The molecule has 0 aliphatic heterocycles. The zero-order valence-corrected chi connectivity index (χ0v) is 14.5. The molecule has 0 fully saturated rings. The predicted octanol–water partition coefficient (Wildman–Crippen LogP) is 4.00. The number of carboxylic acids is 3. The summed E-state index contributed by atoms with van der Waals surface area (Å²) in [5, 5.41) is 25.9. The van der Waals surface area contributed by atoms with Crippen LogP contribution in [0.25, 0.3) is 0 Å². The highest BCUT2D eigenvalue weighted by Crippen LogP contribution is 2.22. The molecule has 24 heavy (non-hydrogen) atoms. The Morgan fingerprint density at radius 2 is 1.46 bits per heavy atom. The van der Waals surface area contributed by atoms with Crippen LogP contribution in [-0.2, 0) is 11.2 Å². The lowest BCUT2D eigenvalue weighted by atomic mass is 9.92. The minimum Gasteiger partial charge on any atom is -0.481 e. The van der Waals surface area contributed by atoms with E-state index in [0.29, 0.717) is 17.5 Å². The van der Waals surface area contributed by atoms with Gasteiger partial charge in [-0.25, -0.2) is 9.59 Å². The van der Waals surface area contributed by atoms with Crippen molar-refractivity contribution in [2.24, 2.45) is 0 Å². The van der Waals surface area contributed by atoms with Crippen LogP contribution < -0.4 is 0 Å². The second-order valence-corrected chi connectivity index (χ2v) is 5.58. The van der Waals surface area contributed by atoms with Gasteiger partial charge < -0.3 is 15.3 Å². The van der Waals surface area contributed by atoms with Gasteiger partial charge in [0.15, 0.2) is 0 Å². The Kier molecular flexibility index (Phi) is 10.1. The minimum absolute atomic E-state index is 0.114. The molecule has 1 aromatic rings. The average molecular weight is 338 g/mol. The van der Waals surface area contributed by atoms with Crippen LogP contribution in [0.1, 0.15) is 77.8 Å². The van der Waals surface area contributed by atoms with Gasteiger partial charge in [0.25, 0.3) is 5.97 Å². The topological polar surface area (TPSA) is 112 Å². The standard InChI is InChI=1S/C16H22O4.C2H4O2/c1-3-4-5-6-7-8-12-13(15(17)18)10-9-11(2)14(12)16(19)20;1-2(3)4/h9-10H,3-8H2,1-2H3,(H,17,18)(H,19,20);1H3,(H,3,4). The first-order valence-corrected chi connectivity index (χ1v) is 8.00. The molecule has 0 saturated heterocycles. The van der Waals surface area contributed by atoms with Crippen molar-refractivity contribution < 1.29 is 29.7 Å². The van der Waals surface area contributed by atoms with Crippen LogP contribution in [0, 0.1) is 6.92 Å². The number of carbonyl (C=O) groups is 3. The van der Waals surface area contributed by atoms with E-state index in [2.05, 4.69) is 6.92 Å². The molecule has 6 nitrogen and oxygen atoms in total. The summed E-state index contributed by atoms with van der Waals surface area (Å²) in [4.78, 5) is 31.6. The Morgan fingerprint density at radius 1 is 0.917 bits per heavy atom. The Hall–Kier alpha value is -2.37. The quantitative estimate of drug-likeness (QED) is 0.618. The molecule has 0 aromatic heterocycles. The van der Waals surface area contributed by atoms with Crippen LogP contribution in [0.15, 0.2) is 12.1 Å². The highest BCUT2D eigenvalue weighted by molar-refractivity contribution is 5.97. The molecule has 0 bridgehead atoms. The van der Waals surface area contributed by atoms with Crippen molar-refractivity contribution in [3.05, 3.63) is 34.4 Å². The van der Waals surface area contributed by atoms with Gasteiger partial charge in [0, 0.05) is 6.92 Å². The molecule has 0 atom stereocenters. The highest BCUT2D eigenvalue weighted by atomic mass is 16.4. The van der Waals surface area contributed by atoms with Crippen LogP contribution in [0.4, 0.5) is 0 Å². The fraction of sp³-hybridized carbons (Fsp3) is 0.500. The van der Waals surface area contributed by atoms with Crippen LogP contribution >= 0.6 is 0 Å². The molecule has 134 valence electrons. The molecule has 6 heteroatoms. The molecule has 0 spiro atoms. The number of aliphatic carboxylic acids is 1. The number of hydrogen-bond acceptors (Lipinski definition) is 3. The van der Waals surface area contributed by atoms with Gasteiger partial charge in [0.05, 0.1) is 11.1 Å². The molecule has 0 aliphatic rings. The summed E-state index contributed by atoms with van der Waals surface area (Å²) in [6.07, 6.45) is 5.74. The molecule has 1 rings (SSSR count). The largest absolute Gasteiger partial charge is 0.481 e. The van der Waals surface area contributed by atoms with Gasteiger partial charge in [0.1, 0.15) is 0 Å². The number of unbranched alkanes of at least 4 members (excludes halogenated alkanes) is 4. The normalized spacial score (nSPS) is 9.79. The zero-order chi connectivity index (χ0) is 18.7. The SMILES string of the molecule is CC(=O)O.CCCCCCCc1c(C(=O)O)ccc(C)c1C(=O)O. The summed E-state index contributed by atoms with van der Waals surface area (Å²) in [5.74, 6) is -2.94. The summed E-state index contributed by atoms with van der Waals surface area (Å²) in [6, 6.07) is 3.07. The lowest BCUT2D eigenvalue weighted by Gasteiger charge is -2.12. The van der Waals surface area contributed by atoms with Gasteiger partial charge >= 0.3 is 11.9 Å². The van der Waals surface area contributed by atoms with E-state index in [1.165, 1.54) is 6.07 Å². The van der Waals surface area contributed by atoms with Crippen molar-refractivity contribution in [3.8, 4) is 0 Å². The molecule has 0 radical (unpaired) electrons. The zero-order valence-electron chi connectivity index (χ0n) is 14.5. The maximum Gasteiger partial charge on any atom is 0.336 e. The molecule has 3 N–H and O–H groups in total. The third-order valence-corrected chi connectivity index (χ3v) is 3.50. The van der Waals surface area contributed by atoms with Gasteiger partial charge in [-0.15, -0.1) is 0 Å². The maximum absolute atomic E-state index is 11.4. The van der Waals surface area contributed by atoms with E-state index in [-0.39, 0.29) is 11.1 Å². The summed E-state index contributed by atoms with van der Waals surface area (Å²) < 4.78 is 0. The van der Waals surface area contributed by atoms with Crippen molar-refractivity contribution in [3.63, 3.8) is 0 Å². The first kappa shape index (κ1) is 21.6. The average Bonchev–Trinajstić information content (AvgIpc) is 2.45. The Morgan fingerprint density at radius 3 is 1.92 bits per heavy atom. The van der Waals surface area contributed by atoms with Crippen LogP contribution in [-0.4, -0.2) is 33.2 Å². The Balaban J connectivity index is 0.00000118. The number of aryl methyl sites for hydroxylation is 1. The molecule has 0 amide bonds. The molecule has 0 saturated carbocycles. The molecule has 0 unspecified atom stereocenters. The van der Waals surface area contributed by atoms with E-state index in [1.54, 1.807) is 13.0 Å². The number of hydrogen-bond donors (Lipinski definition) is 3. The lowest BCUT2D eigenvalue weighted by Crippen LogP contribution is -2.12. The van der Waals surface area contributed by atoms with Crippen LogP contribution in [0.3, 0.4) is 0 Å². The maximum atomic E-state index is 11.4. The van der Waals surface area contributed by atoms with Crippen molar-refractivity contribution in [1.82, 2.24) is 0 Å². The monoisotopic (exact) mass is 338 g/mol. The molecule has 0 heterocycles. The van der Waals surface area contributed by atoms with Crippen molar-refractivity contribution in [2.75, 3.05) is 0 Å². The van der Waals surface area contributed by atoms with Gasteiger partial charge in [-0.05, 0) is 37.0 Å². The van der Waals surface area contributed by atoms with Crippen molar-refractivity contribution >= 4 is 17.9 Å². The third kappa shape index (κ3) is 7.76. The smallest absolute Gasteiger partial charge is 0.336 e. The fourth-order valence-corrected chi connectivity index (χ4v) is 2.43. The van der Waals surface area contributed by atoms with E-state index >= 15 is 0 Å². The third-order valence-electron chi connectivity index (χ3n) is 3.50. The van der Waals surface area contributed by atoms with E-state index in [4.69, 9.17) is 9.90 Å². The minimum atomic E-state index is -1.06. The van der Waals surface area contributed by atoms with Crippen LogP contribution in [0.5, 0.6) is 0 Å². The molecule has 1 aromatic carbocycles. The van der Waals surface area contributed by atoms with Gasteiger partial charge in [-0.2, -0.15) is 0 Å². The van der Waals surface area contributed by atoms with E-state index < -0.39 is 17.9 Å². The fourth-order valence-electron chi connectivity index (χ4n) is 2.43. The first-order chi connectivity index (χ1) is 11.2. The second-order valence-electron chi connectivity index (χ2n) is 5.58. The molecular weight excluding hydrogens is 312 g/mol. The summed E-state index contributed by atoms with van der Waals surface area (Å²) in [5.41, 5.74) is 1.34. The second kappa shape index (κ2) is 11.2. The van der Waals surface area contributed by atoms with Crippen molar-refractivity contribution in [1.29, 1.82) is 0 Å². The van der Waals surface area contributed by atoms with E-state index in [9.17, 15) is 19.8 Å². The van der Waals surface area contributed by atoms with E-state index in [1.807, 2.05) is 0 Å². The highest BCUT2D eigenvalue weighted by Gasteiger charge is 2.20. The summed E-state index contributed by atoms with van der Waals surface area (Å²) >= 11 is 0. The van der Waals surface area contributed by atoms with E-state index in [0.717, 1.165) is 39.0 Å². The lowest BCUT2D eigenvalue weighted by molar-refractivity contribution is -0.134. The van der Waals surface area contributed by atoms with Gasteiger partial charge in [0.2, 0.25) is 0 Å². The summed E-state index contributed by atoms with van der Waals surface area (Å²) in [7, 11) is 0. The van der Waals surface area contributed by atoms with Crippen LogP contribution in [0.2, 0.25) is 0 Å². The number of aromatic carboxylic acids is 2. The molecule has 0 aliphatic carbocycles.